The average molecular weight is 471 g/mol. The van der Waals surface area contributed by atoms with Gasteiger partial charge in [0.2, 0.25) is 0 Å². The molecule has 3 rings (SSSR count). The summed E-state index contributed by atoms with van der Waals surface area (Å²) in [4.78, 5) is 23.6. The van der Waals surface area contributed by atoms with E-state index >= 15 is 0 Å². The Kier molecular flexibility index (Phi) is 6.83. The Balaban J connectivity index is 1.94. The number of sulfonamides is 1. The molecule has 0 spiro atoms. The number of nitrogens with one attached hydrogen (secondary N) is 1. The van der Waals surface area contributed by atoms with E-state index in [9.17, 15) is 23.3 Å². The monoisotopic (exact) mass is 471 g/mol. The van der Waals surface area contributed by atoms with Crippen LogP contribution in [0.15, 0.2) is 71.6 Å². The quantitative estimate of drug-likeness (QED) is 0.392. The molecule has 1 N–H and O–H groups in total. The van der Waals surface area contributed by atoms with Gasteiger partial charge in [0.25, 0.3) is 21.6 Å². The number of nitrogens with zero attached hydrogens (tertiary/aromatic N) is 2. The van der Waals surface area contributed by atoms with Crippen LogP contribution in [0.1, 0.15) is 10.4 Å². The van der Waals surface area contributed by atoms with Gasteiger partial charge in [-0.05, 0) is 30.3 Å². The number of carbonyl (C=O) groups excluding carboxylic acids is 1. The van der Waals surface area contributed by atoms with E-state index in [-0.39, 0.29) is 27.6 Å². The first-order valence-electron chi connectivity index (χ1n) is 9.55. The number of nitro groups is 1. The summed E-state index contributed by atoms with van der Waals surface area (Å²) in [7, 11) is 0.156. The number of methoxy groups -OCH3 is 2. The standard InChI is InChI=1S/C22H21N3O7S/c1-24(16-9-5-4-6-10-16)33(29,30)17-11-7-8-15(12-17)23-22(26)18-13-20(31-2)21(32-3)14-19(18)25(27)28/h4-14H,1-3H3,(H,23,26). The van der Waals surface area contributed by atoms with Crippen LogP contribution in [0.2, 0.25) is 0 Å². The van der Waals surface area contributed by atoms with Gasteiger partial charge in [-0.1, -0.05) is 24.3 Å². The lowest BCUT2D eigenvalue weighted by Crippen LogP contribution is -2.26. The Labute approximate surface area is 190 Å². The van der Waals surface area contributed by atoms with Crippen LogP contribution >= 0.6 is 0 Å². The number of benzene rings is 3. The molecule has 172 valence electrons. The minimum atomic E-state index is -3.92. The Morgan fingerprint density at radius 2 is 1.61 bits per heavy atom. The van der Waals surface area contributed by atoms with Crippen LogP contribution in [0, 0.1) is 10.1 Å². The molecule has 0 fully saturated rings. The van der Waals surface area contributed by atoms with Crippen LogP contribution in [0.4, 0.5) is 17.1 Å². The smallest absolute Gasteiger partial charge is 0.286 e. The maximum absolute atomic E-state index is 13.0. The third-order valence-corrected chi connectivity index (χ3v) is 6.59. The summed E-state index contributed by atoms with van der Waals surface area (Å²) in [5, 5.41) is 14.0. The minimum absolute atomic E-state index is 0.0616. The number of hydrogen-bond acceptors (Lipinski definition) is 7. The third-order valence-electron chi connectivity index (χ3n) is 4.81. The molecule has 3 aromatic rings. The zero-order valence-corrected chi connectivity index (χ0v) is 18.8. The van der Waals surface area contributed by atoms with Gasteiger partial charge in [0.15, 0.2) is 11.5 Å². The maximum Gasteiger partial charge on any atom is 0.286 e. The molecule has 10 nitrogen and oxygen atoms in total. The lowest BCUT2D eigenvalue weighted by molar-refractivity contribution is -0.385. The molecule has 0 unspecified atom stereocenters. The largest absolute Gasteiger partial charge is 0.493 e. The molecular weight excluding hydrogens is 450 g/mol. The molecule has 0 heterocycles. The molecule has 33 heavy (non-hydrogen) atoms. The van der Waals surface area contributed by atoms with E-state index in [0.717, 1.165) is 10.4 Å². The summed E-state index contributed by atoms with van der Waals surface area (Å²) in [5.74, 6) is -0.583. The maximum atomic E-state index is 13.0. The van der Waals surface area contributed by atoms with Gasteiger partial charge < -0.3 is 14.8 Å². The van der Waals surface area contributed by atoms with E-state index in [0.29, 0.717) is 5.69 Å². The van der Waals surface area contributed by atoms with Crippen LogP contribution in [0.25, 0.3) is 0 Å². The second kappa shape index (κ2) is 9.57. The van der Waals surface area contributed by atoms with Crippen molar-refractivity contribution in [1.29, 1.82) is 0 Å². The normalized spacial score (nSPS) is 10.9. The van der Waals surface area contributed by atoms with Crippen LogP contribution in [-0.4, -0.2) is 40.5 Å². The van der Waals surface area contributed by atoms with Gasteiger partial charge in [0, 0.05) is 18.8 Å². The highest BCUT2D eigenvalue weighted by molar-refractivity contribution is 7.92. The van der Waals surface area contributed by atoms with Crippen molar-refractivity contribution in [3.8, 4) is 11.5 Å². The second-order valence-electron chi connectivity index (χ2n) is 6.77. The van der Waals surface area contributed by atoms with Crippen molar-refractivity contribution in [1.82, 2.24) is 0 Å². The first kappa shape index (κ1) is 23.5. The molecule has 0 saturated heterocycles. The highest BCUT2D eigenvalue weighted by Crippen LogP contribution is 2.35. The first-order chi connectivity index (χ1) is 15.7. The molecule has 1 amide bonds. The van der Waals surface area contributed by atoms with E-state index in [1.165, 1.54) is 51.6 Å². The third kappa shape index (κ3) is 4.88. The van der Waals surface area contributed by atoms with Crippen molar-refractivity contribution in [2.24, 2.45) is 0 Å². The van der Waals surface area contributed by atoms with E-state index in [1.807, 2.05) is 0 Å². The molecule has 0 bridgehead atoms. The fraction of sp³-hybridized carbons (Fsp3) is 0.136. The van der Waals surface area contributed by atoms with Crippen LogP contribution in [0.3, 0.4) is 0 Å². The van der Waals surface area contributed by atoms with Gasteiger partial charge in [0.05, 0.1) is 35.8 Å². The van der Waals surface area contributed by atoms with Crippen molar-refractivity contribution in [2.75, 3.05) is 30.9 Å². The Hall–Kier alpha value is -4.12. The van der Waals surface area contributed by atoms with Gasteiger partial charge in [-0.15, -0.1) is 0 Å². The summed E-state index contributed by atoms with van der Waals surface area (Å²) >= 11 is 0. The number of ether oxygens (including phenoxy) is 2. The predicted octanol–water partition coefficient (Wildman–Crippen LogP) is 3.69. The number of nitro benzene ring substituents is 1. The second-order valence-corrected chi connectivity index (χ2v) is 8.74. The molecule has 11 heteroatoms. The van der Waals surface area contributed by atoms with Gasteiger partial charge in [-0.25, -0.2) is 8.42 Å². The zero-order chi connectivity index (χ0) is 24.2. The predicted molar refractivity (Wildman–Crippen MR) is 123 cm³/mol. The fourth-order valence-electron chi connectivity index (χ4n) is 3.07. The Morgan fingerprint density at radius 1 is 0.970 bits per heavy atom. The van der Waals surface area contributed by atoms with E-state index in [1.54, 1.807) is 30.3 Å². The number of rotatable bonds is 8. The molecular formula is C22H21N3O7S. The zero-order valence-electron chi connectivity index (χ0n) is 18.0. The highest BCUT2D eigenvalue weighted by atomic mass is 32.2. The Morgan fingerprint density at radius 3 is 2.21 bits per heavy atom. The van der Waals surface area contributed by atoms with E-state index < -0.39 is 26.5 Å². The minimum Gasteiger partial charge on any atom is -0.493 e. The van der Waals surface area contributed by atoms with Crippen molar-refractivity contribution < 1.29 is 27.6 Å². The molecule has 0 radical (unpaired) electrons. The fourth-order valence-corrected chi connectivity index (χ4v) is 4.31. The van der Waals surface area contributed by atoms with Crippen molar-refractivity contribution in [3.05, 3.63) is 82.4 Å². The van der Waals surface area contributed by atoms with Gasteiger partial charge in [-0.3, -0.25) is 19.2 Å². The number of carbonyl (C=O) groups is 1. The molecule has 0 aromatic heterocycles. The van der Waals surface area contributed by atoms with Gasteiger partial charge in [0.1, 0.15) is 5.56 Å². The summed E-state index contributed by atoms with van der Waals surface area (Å²) in [5.41, 5.74) is -0.149. The molecule has 0 atom stereocenters. The highest BCUT2D eigenvalue weighted by Gasteiger charge is 2.26. The summed E-state index contributed by atoms with van der Waals surface area (Å²) in [6, 6.07) is 16.4. The molecule has 0 aliphatic heterocycles. The first-order valence-corrected chi connectivity index (χ1v) is 11.0. The molecule has 0 saturated carbocycles. The van der Waals surface area contributed by atoms with Crippen LogP contribution in [0.5, 0.6) is 11.5 Å². The summed E-state index contributed by atoms with van der Waals surface area (Å²) in [6.07, 6.45) is 0. The number of amides is 1. The van der Waals surface area contributed by atoms with Crippen LogP contribution in [-0.2, 0) is 10.0 Å². The average Bonchev–Trinajstić information content (AvgIpc) is 2.83. The van der Waals surface area contributed by atoms with Crippen molar-refractivity contribution in [3.63, 3.8) is 0 Å². The topological polar surface area (TPSA) is 128 Å². The SMILES string of the molecule is COc1cc(C(=O)Nc2cccc(S(=O)(=O)N(C)c3ccccc3)c2)c([N+](=O)[O-])cc1OC. The van der Waals surface area contributed by atoms with E-state index in [2.05, 4.69) is 5.32 Å². The van der Waals surface area contributed by atoms with Crippen molar-refractivity contribution >= 4 is 33.0 Å². The van der Waals surface area contributed by atoms with Crippen LogP contribution < -0.4 is 19.1 Å². The van der Waals surface area contributed by atoms with Crippen molar-refractivity contribution in [2.45, 2.75) is 4.90 Å². The lowest BCUT2D eigenvalue weighted by Gasteiger charge is -2.20. The molecule has 0 aliphatic carbocycles. The lowest BCUT2D eigenvalue weighted by atomic mass is 10.1. The Bertz CT molecular complexity index is 1290. The number of anilines is 2. The molecule has 0 aliphatic rings. The number of hydrogen-bond donors (Lipinski definition) is 1. The van der Waals surface area contributed by atoms with E-state index in [4.69, 9.17) is 9.47 Å². The number of para-hydroxylation sites is 1. The van der Waals surface area contributed by atoms with Gasteiger partial charge >= 0.3 is 0 Å². The summed E-state index contributed by atoms with van der Waals surface area (Å²) in [6.45, 7) is 0. The molecule has 3 aromatic carbocycles. The summed E-state index contributed by atoms with van der Waals surface area (Å²) < 4.78 is 37.4. The van der Waals surface area contributed by atoms with Gasteiger partial charge in [-0.2, -0.15) is 0 Å².